The van der Waals surface area contributed by atoms with E-state index in [0.717, 1.165) is 19.4 Å². The molecule has 0 heterocycles. The van der Waals surface area contributed by atoms with Gasteiger partial charge in [-0.15, -0.1) is 0 Å². The summed E-state index contributed by atoms with van der Waals surface area (Å²) in [6, 6.07) is 0. The van der Waals surface area contributed by atoms with Crippen molar-refractivity contribution in [1.29, 1.82) is 0 Å². The summed E-state index contributed by atoms with van der Waals surface area (Å²) < 4.78 is 5.16. The molecule has 3 heteroatoms. The number of methoxy groups -OCH3 is 1. The molecule has 0 aromatic rings. The SMILES string of the molecule is COC(C)CNC1(CO)CCCC1. The van der Waals surface area contributed by atoms with Gasteiger partial charge in [0.25, 0.3) is 0 Å². The molecule has 0 saturated heterocycles. The topological polar surface area (TPSA) is 41.5 Å². The number of aliphatic hydroxyl groups excluding tert-OH is 1. The maximum Gasteiger partial charge on any atom is 0.0667 e. The first-order chi connectivity index (χ1) is 6.22. The molecule has 78 valence electrons. The van der Waals surface area contributed by atoms with Gasteiger partial charge in [0.15, 0.2) is 0 Å². The smallest absolute Gasteiger partial charge is 0.0667 e. The van der Waals surface area contributed by atoms with Gasteiger partial charge in [-0.3, -0.25) is 0 Å². The van der Waals surface area contributed by atoms with E-state index >= 15 is 0 Å². The minimum Gasteiger partial charge on any atom is -0.394 e. The molecule has 0 bridgehead atoms. The van der Waals surface area contributed by atoms with E-state index in [1.165, 1.54) is 12.8 Å². The van der Waals surface area contributed by atoms with E-state index in [-0.39, 0.29) is 18.2 Å². The third kappa shape index (κ3) is 2.93. The molecule has 0 radical (unpaired) electrons. The van der Waals surface area contributed by atoms with Crippen molar-refractivity contribution in [3.8, 4) is 0 Å². The normalized spacial score (nSPS) is 23.3. The second-order valence-corrected chi connectivity index (χ2v) is 4.07. The number of nitrogens with one attached hydrogen (secondary N) is 1. The van der Waals surface area contributed by atoms with Gasteiger partial charge in [-0.25, -0.2) is 0 Å². The van der Waals surface area contributed by atoms with Crippen LogP contribution in [0.3, 0.4) is 0 Å². The van der Waals surface area contributed by atoms with Gasteiger partial charge in [0.05, 0.1) is 12.7 Å². The van der Waals surface area contributed by atoms with Crippen LogP contribution in [0.15, 0.2) is 0 Å². The van der Waals surface area contributed by atoms with Crippen molar-refractivity contribution < 1.29 is 9.84 Å². The van der Waals surface area contributed by atoms with Gasteiger partial charge in [-0.05, 0) is 19.8 Å². The van der Waals surface area contributed by atoms with E-state index in [2.05, 4.69) is 5.32 Å². The number of hydrogen-bond donors (Lipinski definition) is 2. The first-order valence-corrected chi connectivity index (χ1v) is 5.11. The Morgan fingerprint density at radius 2 is 2.08 bits per heavy atom. The predicted molar refractivity (Wildman–Crippen MR) is 52.8 cm³/mol. The van der Waals surface area contributed by atoms with Crippen LogP contribution in [0.2, 0.25) is 0 Å². The summed E-state index contributed by atoms with van der Waals surface area (Å²) in [5.41, 5.74) is -0.00715. The Morgan fingerprint density at radius 1 is 1.46 bits per heavy atom. The molecular weight excluding hydrogens is 166 g/mol. The summed E-state index contributed by atoms with van der Waals surface area (Å²) in [5, 5.41) is 12.7. The lowest BCUT2D eigenvalue weighted by Crippen LogP contribution is -2.48. The molecule has 0 aromatic heterocycles. The largest absolute Gasteiger partial charge is 0.394 e. The van der Waals surface area contributed by atoms with Crippen molar-refractivity contribution in [3.63, 3.8) is 0 Å². The van der Waals surface area contributed by atoms with Crippen molar-refractivity contribution in [3.05, 3.63) is 0 Å². The molecular formula is C10H21NO2. The lowest BCUT2D eigenvalue weighted by Gasteiger charge is -2.29. The summed E-state index contributed by atoms with van der Waals surface area (Å²) in [4.78, 5) is 0. The van der Waals surface area contributed by atoms with Gasteiger partial charge < -0.3 is 15.2 Å². The zero-order valence-electron chi connectivity index (χ0n) is 8.68. The van der Waals surface area contributed by atoms with Crippen molar-refractivity contribution in [2.45, 2.75) is 44.2 Å². The zero-order valence-corrected chi connectivity index (χ0v) is 8.68. The van der Waals surface area contributed by atoms with Crippen LogP contribution in [0.1, 0.15) is 32.6 Å². The summed E-state index contributed by atoms with van der Waals surface area (Å²) in [5.74, 6) is 0. The first-order valence-electron chi connectivity index (χ1n) is 5.11. The van der Waals surface area contributed by atoms with E-state index in [9.17, 15) is 5.11 Å². The number of ether oxygens (including phenoxy) is 1. The predicted octanol–water partition coefficient (Wildman–Crippen LogP) is 0.916. The molecule has 0 aliphatic heterocycles. The van der Waals surface area contributed by atoms with Crippen LogP contribution >= 0.6 is 0 Å². The molecule has 1 fully saturated rings. The number of aliphatic hydroxyl groups is 1. The Kier molecular flexibility index (Phi) is 4.16. The summed E-state index contributed by atoms with van der Waals surface area (Å²) in [7, 11) is 1.71. The van der Waals surface area contributed by atoms with Crippen molar-refractivity contribution >= 4 is 0 Å². The monoisotopic (exact) mass is 187 g/mol. The standard InChI is InChI=1S/C10H21NO2/c1-9(13-2)7-11-10(8-12)5-3-4-6-10/h9,11-12H,3-8H2,1-2H3. The summed E-state index contributed by atoms with van der Waals surface area (Å²) >= 11 is 0. The van der Waals surface area contributed by atoms with Gasteiger partial charge in [-0.1, -0.05) is 12.8 Å². The van der Waals surface area contributed by atoms with Crippen LogP contribution in [0, 0.1) is 0 Å². The third-order valence-electron chi connectivity index (χ3n) is 3.03. The van der Waals surface area contributed by atoms with Gasteiger partial charge >= 0.3 is 0 Å². The quantitative estimate of drug-likeness (QED) is 0.672. The fourth-order valence-corrected chi connectivity index (χ4v) is 1.89. The molecule has 1 unspecified atom stereocenters. The van der Waals surface area contributed by atoms with E-state index < -0.39 is 0 Å². The second-order valence-electron chi connectivity index (χ2n) is 4.07. The highest BCUT2D eigenvalue weighted by Crippen LogP contribution is 2.28. The zero-order chi connectivity index (χ0) is 9.73. The molecule has 1 rings (SSSR count). The van der Waals surface area contributed by atoms with Crippen LogP contribution in [0.5, 0.6) is 0 Å². The molecule has 1 saturated carbocycles. The average Bonchev–Trinajstić information content (AvgIpc) is 2.63. The highest BCUT2D eigenvalue weighted by atomic mass is 16.5. The van der Waals surface area contributed by atoms with Crippen molar-refractivity contribution in [2.24, 2.45) is 0 Å². The highest BCUT2D eigenvalue weighted by Gasteiger charge is 2.32. The molecule has 1 atom stereocenters. The van der Waals surface area contributed by atoms with Crippen molar-refractivity contribution in [1.82, 2.24) is 5.32 Å². The maximum absolute atomic E-state index is 9.30. The molecule has 1 aliphatic rings. The Hall–Kier alpha value is -0.120. The molecule has 0 aromatic carbocycles. The molecule has 13 heavy (non-hydrogen) atoms. The Morgan fingerprint density at radius 3 is 2.54 bits per heavy atom. The average molecular weight is 187 g/mol. The Balaban J connectivity index is 2.31. The maximum atomic E-state index is 9.30. The lowest BCUT2D eigenvalue weighted by atomic mass is 9.99. The van der Waals surface area contributed by atoms with Crippen molar-refractivity contribution in [2.75, 3.05) is 20.3 Å². The molecule has 3 nitrogen and oxygen atoms in total. The lowest BCUT2D eigenvalue weighted by molar-refractivity contribution is 0.0930. The Labute approximate surface area is 80.5 Å². The van der Waals surface area contributed by atoms with Gasteiger partial charge in [0.1, 0.15) is 0 Å². The Bertz CT molecular complexity index is 144. The third-order valence-corrected chi connectivity index (χ3v) is 3.03. The fraction of sp³-hybridized carbons (Fsp3) is 1.00. The van der Waals surface area contributed by atoms with Crippen LogP contribution in [0.25, 0.3) is 0 Å². The molecule has 2 N–H and O–H groups in total. The minimum absolute atomic E-state index is 0.00715. The van der Waals surface area contributed by atoms with Gasteiger partial charge in [0, 0.05) is 19.2 Å². The second kappa shape index (κ2) is 4.94. The van der Waals surface area contributed by atoms with E-state index in [0.29, 0.717) is 0 Å². The molecule has 1 aliphatic carbocycles. The molecule has 0 spiro atoms. The van der Waals surface area contributed by atoms with Gasteiger partial charge in [-0.2, -0.15) is 0 Å². The van der Waals surface area contributed by atoms with Crippen LogP contribution in [0.4, 0.5) is 0 Å². The van der Waals surface area contributed by atoms with Crippen LogP contribution in [-0.2, 0) is 4.74 Å². The van der Waals surface area contributed by atoms with E-state index in [1.54, 1.807) is 7.11 Å². The summed E-state index contributed by atoms with van der Waals surface area (Å²) in [6.45, 7) is 3.12. The van der Waals surface area contributed by atoms with E-state index in [1.807, 2.05) is 6.92 Å². The summed E-state index contributed by atoms with van der Waals surface area (Å²) in [6.07, 6.45) is 4.88. The first kappa shape index (κ1) is 11.0. The molecule has 0 amide bonds. The van der Waals surface area contributed by atoms with E-state index in [4.69, 9.17) is 4.74 Å². The number of hydrogen-bond acceptors (Lipinski definition) is 3. The number of rotatable bonds is 5. The van der Waals surface area contributed by atoms with Gasteiger partial charge in [0.2, 0.25) is 0 Å². The highest BCUT2D eigenvalue weighted by molar-refractivity contribution is 4.92. The minimum atomic E-state index is -0.00715. The van der Waals surface area contributed by atoms with Crippen LogP contribution in [-0.4, -0.2) is 37.0 Å². The van der Waals surface area contributed by atoms with Crippen LogP contribution < -0.4 is 5.32 Å². The fourth-order valence-electron chi connectivity index (χ4n) is 1.89.